The average Bonchev–Trinajstić information content (AvgIpc) is 3.23. The van der Waals surface area contributed by atoms with Crippen molar-refractivity contribution in [3.05, 3.63) is 24.3 Å². The molecule has 10 heteroatoms. The van der Waals surface area contributed by atoms with E-state index in [9.17, 15) is 13.2 Å². The molecule has 0 aliphatic carbocycles. The van der Waals surface area contributed by atoms with E-state index >= 15 is 0 Å². The summed E-state index contributed by atoms with van der Waals surface area (Å²) in [7, 11) is -1.89. The molecule has 3 fully saturated rings. The van der Waals surface area contributed by atoms with Crippen molar-refractivity contribution < 1.29 is 27.4 Å². The molecular formula is C21H31N3O6S. The first-order chi connectivity index (χ1) is 14.9. The fraction of sp³-hybridized carbons (Fsp3) is 0.667. The van der Waals surface area contributed by atoms with E-state index in [4.69, 9.17) is 14.2 Å². The molecule has 0 saturated carbocycles. The quantitative estimate of drug-likeness (QED) is 0.684. The fourth-order valence-electron chi connectivity index (χ4n) is 4.76. The van der Waals surface area contributed by atoms with Gasteiger partial charge in [-0.25, -0.2) is 8.42 Å². The van der Waals surface area contributed by atoms with Gasteiger partial charge in [-0.15, -0.1) is 0 Å². The van der Waals surface area contributed by atoms with E-state index in [1.54, 1.807) is 25.3 Å². The number of anilines is 1. The van der Waals surface area contributed by atoms with Gasteiger partial charge in [0.15, 0.2) is 0 Å². The highest BCUT2D eigenvalue weighted by Gasteiger charge is 2.47. The number of nitrogens with one attached hydrogen (secondary N) is 1. The minimum atomic E-state index is -3.61. The molecule has 1 aromatic rings. The van der Waals surface area contributed by atoms with Gasteiger partial charge in [0, 0.05) is 45.6 Å². The second-order valence-electron chi connectivity index (χ2n) is 8.33. The molecule has 0 bridgehead atoms. The minimum Gasteiger partial charge on any atom is -0.379 e. The van der Waals surface area contributed by atoms with Gasteiger partial charge < -0.3 is 19.5 Å². The first-order valence-corrected chi connectivity index (χ1v) is 12.2. The highest BCUT2D eigenvalue weighted by atomic mass is 32.2. The van der Waals surface area contributed by atoms with E-state index in [2.05, 4.69) is 10.2 Å². The van der Waals surface area contributed by atoms with Gasteiger partial charge >= 0.3 is 0 Å². The molecule has 1 aromatic carbocycles. The number of amides is 1. The number of nitrogens with zero attached hydrogens (tertiary/aromatic N) is 2. The second kappa shape index (κ2) is 9.51. The zero-order chi connectivity index (χ0) is 21.9. The number of sulfonamides is 1. The first-order valence-electron chi connectivity index (χ1n) is 10.8. The predicted molar refractivity (Wildman–Crippen MR) is 114 cm³/mol. The molecule has 0 aromatic heterocycles. The summed E-state index contributed by atoms with van der Waals surface area (Å²) < 4.78 is 44.1. The van der Waals surface area contributed by atoms with Crippen LogP contribution in [-0.2, 0) is 29.0 Å². The van der Waals surface area contributed by atoms with E-state index in [1.165, 1.54) is 10.4 Å². The molecule has 4 rings (SSSR count). The maximum atomic E-state index is 12.9. The lowest BCUT2D eigenvalue weighted by atomic mass is 9.87. The van der Waals surface area contributed by atoms with Gasteiger partial charge in [0.25, 0.3) is 0 Å². The lowest BCUT2D eigenvalue weighted by Crippen LogP contribution is -2.58. The number of rotatable bonds is 6. The highest BCUT2D eigenvalue weighted by Crippen LogP contribution is 2.36. The van der Waals surface area contributed by atoms with E-state index in [0.717, 1.165) is 32.4 Å². The molecule has 2 atom stereocenters. The van der Waals surface area contributed by atoms with Crippen molar-refractivity contribution in [2.24, 2.45) is 0 Å². The first kappa shape index (κ1) is 22.6. The molecule has 1 amide bonds. The summed E-state index contributed by atoms with van der Waals surface area (Å²) in [4.78, 5) is 15.0. The third kappa shape index (κ3) is 4.94. The highest BCUT2D eigenvalue weighted by molar-refractivity contribution is 7.89. The van der Waals surface area contributed by atoms with Crippen LogP contribution >= 0.6 is 0 Å². The van der Waals surface area contributed by atoms with Crippen LogP contribution in [0.15, 0.2) is 29.2 Å². The summed E-state index contributed by atoms with van der Waals surface area (Å²) in [5, 5.41) is 2.85. The summed E-state index contributed by atoms with van der Waals surface area (Å²) in [6.07, 6.45) is 2.81. The van der Waals surface area contributed by atoms with Gasteiger partial charge in [-0.3, -0.25) is 9.69 Å². The summed E-state index contributed by atoms with van der Waals surface area (Å²) in [6, 6.07) is 6.42. The van der Waals surface area contributed by atoms with Crippen molar-refractivity contribution in [1.29, 1.82) is 0 Å². The fourth-order valence-corrected chi connectivity index (χ4v) is 6.22. The largest absolute Gasteiger partial charge is 0.379 e. The van der Waals surface area contributed by atoms with Crippen LogP contribution in [-0.4, -0.2) is 94.9 Å². The van der Waals surface area contributed by atoms with Crippen molar-refractivity contribution in [2.75, 3.05) is 65.0 Å². The molecule has 0 radical (unpaired) electrons. The number of hydrogen-bond donors (Lipinski definition) is 1. The molecule has 3 heterocycles. The number of hydrogen-bond acceptors (Lipinski definition) is 7. The van der Waals surface area contributed by atoms with E-state index < -0.39 is 10.0 Å². The molecule has 3 aliphatic heterocycles. The number of methoxy groups -OCH3 is 1. The van der Waals surface area contributed by atoms with Gasteiger partial charge in [0.05, 0.1) is 30.8 Å². The van der Waals surface area contributed by atoms with Gasteiger partial charge in [0.1, 0.15) is 5.60 Å². The molecule has 9 nitrogen and oxygen atoms in total. The number of morpholine rings is 1. The Labute approximate surface area is 183 Å². The topological polar surface area (TPSA) is 97.4 Å². The summed E-state index contributed by atoms with van der Waals surface area (Å²) in [5.41, 5.74) is 0.136. The zero-order valence-electron chi connectivity index (χ0n) is 17.9. The number of benzene rings is 1. The summed E-state index contributed by atoms with van der Waals surface area (Å²) >= 11 is 0. The van der Waals surface area contributed by atoms with E-state index in [1.807, 2.05) is 0 Å². The Morgan fingerprint density at radius 2 is 2.06 bits per heavy atom. The third-order valence-corrected chi connectivity index (χ3v) is 8.19. The van der Waals surface area contributed by atoms with E-state index in [-0.39, 0.29) is 29.1 Å². The number of carbonyl (C=O) groups is 1. The van der Waals surface area contributed by atoms with Gasteiger partial charge in [-0.05, 0) is 37.5 Å². The van der Waals surface area contributed by atoms with Crippen molar-refractivity contribution in [2.45, 2.75) is 35.9 Å². The number of likely N-dealkylation sites (tertiary alicyclic amines) is 1. The van der Waals surface area contributed by atoms with Crippen molar-refractivity contribution in [3.8, 4) is 0 Å². The SMILES string of the molecule is COC1CCN(CC(=O)Nc2cccc(S(=O)(=O)N3CCOCC3)c2)CC12CCCO2. The Morgan fingerprint density at radius 1 is 1.26 bits per heavy atom. The Bertz CT molecular complexity index is 881. The van der Waals surface area contributed by atoms with Crippen LogP contribution < -0.4 is 5.32 Å². The summed E-state index contributed by atoms with van der Waals surface area (Å²) in [5.74, 6) is -0.176. The molecule has 3 aliphatic rings. The van der Waals surface area contributed by atoms with Crippen molar-refractivity contribution in [3.63, 3.8) is 0 Å². The minimum absolute atomic E-state index is 0.0522. The maximum Gasteiger partial charge on any atom is 0.243 e. The molecule has 172 valence electrons. The second-order valence-corrected chi connectivity index (χ2v) is 10.3. The molecular weight excluding hydrogens is 422 g/mol. The summed E-state index contributed by atoms with van der Waals surface area (Å²) in [6.45, 7) is 3.81. The molecule has 3 saturated heterocycles. The predicted octanol–water partition coefficient (Wildman–Crippen LogP) is 0.916. The molecule has 1 spiro atoms. The van der Waals surface area contributed by atoms with Crippen LogP contribution in [0.3, 0.4) is 0 Å². The number of piperidine rings is 1. The normalized spacial score (nSPS) is 28.1. The Balaban J connectivity index is 1.38. The standard InChI is InChI=1S/C21H31N3O6S/c1-28-19-6-8-23(16-21(19)7-3-11-30-21)15-20(25)22-17-4-2-5-18(14-17)31(26,27)24-9-12-29-13-10-24/h2,4-5,14,19H,3,6-13,15-16H2,1H3,(H,22,25). The Morgan fingerprint density at radius 3 is 2.77 bits per heavy atom. The van der Waals surface area contributed by atoms with Gasteiger partial charge in [0.2, 0.25) is 15.9 Å². The number of ether oxygens (including phenoxy) is 3. The zero-order valence-corrected chi connectivity index (χ0v) is 18.7. The maximum absolute atomic E-state index is 12.9. The Kier molecular flexibility index (Phi) is 6.95. The number of carbonyl (C=O) groups excluding carboxylic acids is 1. The van der Waals surface area contributed by atoms with Gasteiger partial charge in [-0.1, -0.05) is 6.07 Å². The third-order valence-electron chi connectivity index (χ3n) is 6.30. The van der Waals surface area contributed by atoms with Crippen LogP contribution in [0.1, 0.15) is 19.3 Å². The molecule has 1 N–H and O–H groups in total. The van der Waals surface area contributed by atoms with Crippen molar-refractivity contribution in [1.82, 2.24) is 9.21 Å². The lowest BCUT2D eigenvalue weighted by Gasteiger charge is -2.44. The van der Waals surface area contributed by atoms with Gasteiger partial charge in [-0.2, -0.15) is 4.31 Å². The monoisotopic (exact) mass is 453 g/mol. The van der Waals surface area contributed by atoms with Crippen LogP contribution in [0.5, 0.6) is 0 Å². The van der Waals surface area contributed by atoms with E-state index in [0.29, 0.717) is 38.5 Å². The van der Waals surface area contributed by atoms with Crippen LogP contribution in [0.25, 0.3) is 0 Å². The molecule has 2 unspecified atom stereocenters. The van der Waals surface area contributed by atoms with Crippen LogP contribution in [0, 0.1) is 0 Å². The van der Waals surface area contributed by atoms with Crippen LogP contribution in [0.2, 0.25) is 0 Å². The average molecular weight is 454 g/mol. The molecule has 31 heavy (non-hydrogen) atoms. The Hall–Kier alpha value is -1.56. The lowest BCUT2D eigenvalue weighted by molar-refractivity contribution is -0.146. The van der Waals surface area contributed by atoms with Crippen molar-refractivity contribution >= 4 is 21.6 Å². The van der Waals surface area contributed by atoms with Crippen LogP contribution in [0.4, 0.5) is 5.69 Å². The smallest absolute Gasteiger partial charge is 0.243 e.